The van der Waals surface area contributed by atoms with Crippen LogP contribution >= 0.6 is 0 Å². The maximum Gasteiger partial charge on any atom is 0.243 e. The Bertz CT molecular complexity index is 1260. The summed E-state index contributed by atoms with van der Waals surface area (Å²) in [6.07, 6.45) is 2.66. The second kappa shape index (κ2) is 10.1. The average Bonchev–Trinajstić information content (AvgIpc) is 3.45. The summed E-state index contributed by atoms with van der Waals surface area (Å²) < 4.78 is 54.8. The van der Waals surface area contributed by atoms with E-state index < -0.39 is 21.1 Å². The van der Waals surface area contributed by atoms with Crippen LogP contribution in [0.15, 0.2) is 30.6 Å². The van der Waals surface area contributed by atoms with Crippen molar-refractivity contribution in [2.24, 2.45) is 0 Å². The predicted molar refractivity (Wildman–Crippen MR) is 125 cm³/mol. The lowest BCUT2D eigenvalue weighted by Crippen LogP contribution is -2.30. The van der Waals surface area contributed by atoms with Gasteiger partial charge in [-0.05, 0) is 32.4 Å². The van der Waals surface area contributed by atoms with Gasteiger partial charge in [-0.2, -0.15) is 0 Å². The van der Waals surface area contributed by atoms with E-state index in [0.29, 0.717) is 29.4 Å². The first-order valence-corrected chi connectivity index (χ1v) is 12.4. The van der Waals surface area contributed by atoms with Crippen molar-refractivity contribution in [3.63, 3.8) is 0 Å². The zero-order chi connectivity index (χ0) is 25.2. The smallest absolute Gasteiger partial charge is 0.243 e. The topological polar surface area (TPSA) is 145 Å². The van der Waals surface area contributed by atoms with Crippen LogP contribution in [0.4, 0.5) is 10.3 Å². The molecular weight excluding hydrogens is 479 g/mol. The number of hydrogen-bond acceptors (Lipinski definition) is 10. The number of halogens is 1. The third-order valence-electron chi connectivity index (χ3n) is 5.63. The van der Waals surface area contributed by atoms with Crippen LogP contribution < -0.4 is 25.0 Å². The number of ether oxygens (including phenoxy) is 2. The fraction of sp³-hybridized carbons (Fsp3) is 0.429. The minimum atomic E-state index is -3.98. The van der Waals surface area contributed by atoms with Crippen molar-refractivity contribution in [1.29, 1.82) is 0 Å². The SMILES string of the molecule is COc1cccc(OC)c1-n1c(NS(=O)(=O)[C@H](C)Cc2ncc(F)cn2)nnc1C1CC(C)NN1. The van der Waals surface area contributed by atoms with Crippen LogP contribution in [0.2, 0.25) is 0 Å². The second-order valence-corrected chi connectivity index (χ2v) is 10.3. The number of hydrogen-bond donors (Lipinski definition) is 3. The molecule has 14 heteroatoms. The molecule has 0 amide bonds. The molecule has 0 saturated carbocycles. The number of methoxy groups -OCH3 is 2. The summed E-state index contributed by atoms with van der Waals surface area (Å²) in [4.78, 5) is 7.71. The number of para-hydroxylation sites is 1. The van der Waals surface area contributed by atoms with Crippen molar-refractivity contribution in [1.82, 2.24) is 35.6 Å². The van der Waals surface area contributed by atoms with E-state index in [0.717, 1.165) is 12.4 Å². The fourth-order valence-electron chi connectivity index (χ4n) is 3.78. The maximum atomic E-state index is 13.2. The van der Waals surface area contributed by atoms with Crippen LogP contribution in [0.25, 0.3) is 5.69 Å². The van der Waals surface area contributed by atoms with Crippen molar-refractivity contribution in [2.75, 3.05) is 18.9 Å². The molecule has 3 aromatic rings. The first-order chi connectivity index (χ1) is 16.7. The van der Waals surface area contributed by atoms with Gasteiger partial charge in [0.05, 0.1) is 37.9 Å². The summed E-state index contributed by atoms with van der Waals surface area (Å²) in [5, 5.41) is 7.51. The monoisotopic (exact) mass is 506 g/mol. The number of hydrazine groups is 1. The zero-order valence-electron chi connectivity index (χ0n) is 19.7. The minimum Gasteiger partial charge on any atom is -0.494 e. The number of nitrogens with one attached hydrogen (secondary N) is 3. The van der Waals surface area contributed by atoms with E-state index in [9.17, 15) is 12.8 Å². The third kappa shape index (κ3) is 5.18. The van der Waals surface area contributed by atoms with Crippen molar-refractivity contribution in [3.8, 4) is 17.2 Å². The Morgan fingerprint density at radius 3 is 2.40 bits per heavy atom. The van der Waals surface area contributed by atoms with E-state index in [2.05, 4.69) is 35.7 Å². The predicted octanol–water partition coefficient (Wildman–Crippen LogP) is 1.51. The van der Waals surface area contributed by atoms with Crippen molar-refractivity contribution >= 4 is 16.0 Å². The van der Waals surface area contributed by atoms with E-state index in [1.807, 2.05) is 6.92 Å². The van der Waals surface area contributed by atoms with Crippen molar-refractivity contribution in [3.05, 3.63) is 48.1 Å². The Hall–Kier alpha value is -3.36. The van der Waals surface area contributed by atoms with E-state index >= 15 is 0 Å². The maximum absolute atomic E-state index is 13.2. The van der Waals surface area contributed by atoms with Crippen LogP contribution in [0.1, 0.15) is 38.0 Å². The van der Waals surface area contributed by atoms with Gasteiger partial charge < -0.3 is 9.47 Å². The van der Waals surface area contributed by atoms with E-state index in [1.165, 1.54) is 21.1 Å². The Morgan fingerprint density at radius 2 is 1.83 bits per heavy atom. The molecule has 0 spiro atoms. The van der Waals surface area contributed by atoms with Gasteiger partial charge in [0.2, 0.25) is 16.0 Å². The molecule has 188 valence electrons. The zero-order valence-corrected chi connectivity index (χ0v) is 20.5. The molecule has 0 bridgehead atoms. The van der Waals surface area contributed by atoms with Crippen molar-refractivity contribution in [2.45, 2.75) is 44.0 Å². The molecule has 1 aromatic carbocycles. The van der Waals surface area contributed by atoms with Gasteiger partial charge in [0, 0.05) is 12.5 Å². The van der Waals surface area contributed by atoms with Gasteiger partial charge >= 0.3 is 0 Å². The number of nitrogens with zero attached hydrogens (tertiary/aromatic N) is 5. The number of benzene rings is 1. The molecule has 1 aliphatic heterocycles. The molecule has 2 aromatic heterocycles. The number of anilines is 1. The first-order valence-electron chi connectivity index (χ1n) is 10.9. The Balaban J connectivity index is 1.74. The number of sulfonamides is 1. The highest BCUT2D eigenvalue weighted by molar-refractivity contribution is 7.93. The summed E-state index contributed by atoms with van der Waals surface area (Å²) in [5.41, 5.74) is 6.75. The van der Waals surface area contributed by atoms with Gasteiger partial charge in [-0.25, -0.2) is 28.2 Å². The minimum absolute atomic E-state index is 0.0276. The second-order valence-electron chi connectivity index (χ2n) is 8.19. The lowest BCUT2D eigenvalue weighted by molar-refractivity contribution is 0.389. The molecule has 1 aliphatic rings. The highest BCUT2D eigenvalue weighted by Crippen LogP contribution is 2.37. The Kier molecular flexibility index (Phi) is 7.14. The van der Waals surface area contributed by atoms with Gasteiger partial charge in [-0.1, -0.05) is 6.07 Å². The summed E-state index contributed by atoms with van der Waals surface area (Å²) in [6, 6.07) is 5.14. The van der Waals surface area contributed by atoms with Crippen LogP contribution in [-0.2, 0) is 16.4 Å². The van der Waals surface area contributed by atoms with Gasteiger partial charge in [0.25, 0.3) is 0 Å². The Morgan fingerprint density at radius 1 is 1.17 bits per heavy atom. The molecular formula is C21H27FN8O4S. The number of rotatable bonds is 9. The summed E-state index contributed by atoms with van der Waals surface area (Å²) in [5.74, 6) is 0.925. The van der Waals surface area contributed by atoms with Crippen LogP contribution in [0, 0.1) is 5.82 Å². The molecule has 1 saturated heterocycles. The fourth-order valence-corrected chi connectivity index (χ4v) is 4.74. The van der Waals surface area contributed by atoms with Crippen LogP contribution in [0.3, 0.4) is 0 Å². The van der Waals surface area contributed by atoms with Crippen LogP contribution in [0.5, 0.6) is 11.5 Å². The standard InChI is InChI=1S/C21H27FN8O4S/c1-12-8-15(26-25-12)20-27-28-21(30(20)19-16(33-3)6-5-7-17(19)34-4)29-35(31,32)13(2)9-18-23-10-14(22)11-24-18/h5-7,10-13,15,25-26H,8-9H2,1-4H3,(H,28,29)/t12?,13-,15?/m1/s1. The molecule has 3 heterocycles. The molecule has 35 heavy (non-hydrogen) atoms. The highest BCUT2D eigenvalue weighted by atomic mass is 32.2. The molecule has 4 rings (SSSR count). The lowest BCUT2D eigenvalue weighted by atomic mass is 10.1. The van der Waals surface area contributed by atoms with Crippen LogP contribution in [-0.4, -0.2) is 58.7 Å². The molecule has 3 atom stereocenters. The summed E-state index contributed by atoms with van der Waals surface area (Å²) in [6.45, 7) is 3.52. The van der Waals surface area contributed by atoms with Gasteiger partial charge in [0.1, 0.15) is 23.0 Å². The van der Waals surface area contributed by atoms with Crippen molar-refractivity contribution < 1.29 is 22.3 Å². The molecule has 0 radical (unpaired) electrons. The number of aromatic nitrogens is 5. The van der Waals surface area contributed by atoms with Gasteiger partial charge in [0.15, 0.2) is 11.6 Å². The van der Waals surface area contributed by atoms with E-state index in [-0.39, 0.29) is 30.3 Å². The lowest BCUT2D eigenvalue weighted by Gasteiger charge is -2.20. The molecule has 0 aliphatic carbocycles. The molecule has 1 fully saturated rings. The molecule has 12 nitrogen and oxygen atoms in total. The average molecular weight is 507 g/mol. The van der Waals surface area contributed by atoms with Gasteiger partial charge in [-0.15, -0.1) is 10.2 Å². The quantitative estimate of drug-likeness (QED) is 0.390. The van der Waals surface area contributed by atoms with E-state index in [4.69, 9.17) is 9.47 Å². The Labute approximate surface area is 202 Å². The van der Waals surface area contributed by atoms with Gasteiger partial charge in [-0.3, -0.25) is 14.7 Å². The third-order valence-corrected chi connectivity index (χ3v) is 7.32. The van der Waals surface area contributed by atoms with E-state index in [1.54, 1.807) is 22.8 Å². The highest BCUT2D eigenvalue weighted by Gasteiger charge is 2.33. The normalized spacial score (nSPS) is 18.9. The first kappa shape index (κ1) is 24.8. The summed E-state index contributed by atoms with van der Waals surface area (Å²) >= 11 is 0. The largest absolute Gasteiger partial charge is 0.494 e. The summed E-state index contributed by atoms with van der Waals surface area (Å²) in [7, 11) is -0.960. The molecule has 2 unspecified atom stereocenters. The molecule has 3 N–H and O–H groups in total.